The van der Waals surface area contributed by atoms with Gasteiger partial charge < -0.3 is 19.4 Å². The molecule has 2 heterocycles. The molecule has 10 heteroatoms. The van der Waals surface area contributed by atoms with Gasteiger partial charge >= 0.3 is 0 Å². The van der Waals surface area contributed by atoms with Crippen molar-refractivity contribution < 1.29 is 19.1 Å². The third-order valence-corrected chi connectivity index (χ3v) is 7.59. The van der Waals surface area contributed by atoms with Crippen LogP contribution in [0, 0.1) is 6.92 Å². The number of benzene rings is 1. The molecule has 0 spiro atoms. The lowest BCUT2D eigenvalue weighted by Crippen LogP contribution is -2.47. The van der Waals surface area contributed by atoms with E-state index in [0.717, 1.165) is 36.9 Å². The van der Waals surface area contributed by atoms with Crippen molar-refractivity contribution in [2.24, 2.45) is 7.05 Å². The average Bonchev–Trinajstić information content (AvgIpc) is 3.23. The molecule has 1 atom stereocenters. The standard InChI is InChI=1S/C28H40ClN5O4/c1-20-22(19-30-33(20)5)10-13-26(35)34-15-7-6-14-31(3)27(36)21(2)32(4)28(37)24-18-23(29)11-12-25(24)38-17-9-8-16-34/h11-12,18-19,21H,6-10,13-17H2,1-5H3/t21-/m0/s1. The van der Waals surface area contributed by atoms with Crippen LogP contribution in [0.15, 0.2) is 24.4 Å². The van der Waals surface area contributed by atoms with Crippen LogP contribution in [-0.4, -0.2) is 88.6 Å². The summed E-state index contributed by atoms with van der Waals surface area (Å²) >= 11 is 6.19. The molecule has 0 N–H and O–H groups in total. The zero-order valence-electron chi connectivity index (χ0n) is 23.2. The molecule has 0 unspecified atom stereocenters. The normalized spacial score (nSPS) is 18.7. The maximum atomic E-state index is 13.3. The van der Waals surface area contributed by atoms with Crippen molar-refractivity contribution in [1.29, 1.82) is 0 Å². The Morgan fingerprint density at radius 2 is 1.76 bits per heavy atom. The number of carbonyl (C=O) groups is 3. The second-order valence-corrected chi connectivity index (χ2v) is 10.5. The van der Waals surface area contributed by atoms with Gasteiger partial charge in [0, 0.05) is 57.9 Å². The number of amides is 3. The molecule has 0 saturated heterocycles. The van der Waals surface area contributed by atoms with Gasteiger partial charge in [-0.25, -0.2) is 0 Å². The summed E-state index contributed by atoms with van der Waals surface area (Å²) < 4.78 is 7.80. The predicted octanol–water partition coefficient (Wildman–Crippen LogP) is 3.72. The summed E-state index contributed by atoms with van der Waals surface area (Å²) in [5.41, 5.74) is 2.49. The molecule has 0 saturated carbocycles. The van der Waals surface area contributed by atoms with Gasteiger partial charge in [0.2, 0.25) is 11.8 Å². The molecule has 9 nitrogen and oxygen atoms in total. The van der Waals surface area contributed by atoms with Gasteiger partial charge in [-0.15, -0.1) is 0 Å². The molecular formula is C28H40ClN5O4. The molecule has 1 aliphatic rings. The number of carbonyl (C=O) groups excluding carboxylic acids is 3. The van der Waals surface area contributed by atoms with E-state index in [1.807, 2.05) is 29.7 Å². The largest absolute Gasteiger partial charge is 0.493 e. The number of likely N-dealkylation sites (N-methyl/N-ethyl adjacent to an activating group) is 2. The summed E-state index contributed by atoms with van der Waals surface area (Å²) in [6.45, 7) is 5.96. The Balaban J connectivity index is 1.72. The fraction of sp³-hybridized carbons (Fsp3) is 0.571. The average molecular weight is 546 g/mol. The molecule has 0 bridgehead atoms. The van der Waals surface area contributed by atoms with Gasteiger partial charge in [0.1, 0.15) is 11.8 Å². The van der Waals surface area contributed by atoms with Gasteiger partial charge in [-0.3, -0.25) is 19.1 Å². The summed E-state index contributed by atoms with van der Waals surface area (Å²) in [6.07, 6.45) is 5.99. The van der Waals surface area contributed by atoms with E-state index in [1.165, 1.54) is 4.90 Å². The Morgan fingerprint density at radius 3 is 2.45 bits per heavy atom. The number of hydrogen-bond acceptors (Lipinski definition) is 5. The molecule has 1 aromatic heterocycles. The molecule has 0 fully saturated rings. The van der Waals surface area contributed by atoms with Gasteiger partial charge in [-0.05, 0) is 69.7 Å². The maximum absolute atomic E-state index is 13.3. The quantitative estimate of drug-likeness (QED) is 0.586. The lowest BCUT2D eigenvalue weighted by atomic mass is 10.1. The van der Waals surface area contributed by atoms with Crippen molar-refractivity contribution >= 4 is 29.3 Å². The van der Waals surface area contributed by atoms with Crippen LogP contribution in [0.4, 0.5) is 0 Å². The zero-order chi connectivity index (χ0) is 27.8. The van der Waals surface area contributed by atoms with Crippen LogP contribution in [0.25, 0.3) is 0 Å². The van der Waals surface area contributed by atoms with Crippen LogP contribution in [0.2, 0.25) is 5.02 Å². The highest BCUT2D eigenvalue weighted by molar-refractivity contribution is 6.31. The Kier molecular flexibility index (Phi) is 10.6. The zero-order valence-corrected chi connectivity index (χ0v) is 24.0. The van der Waals surface area contributed by atoms with Crippen molar-refractivity contribution in [3.05, 3.63) is 46.2 Å². The highest BCUT2D eigenvalue weighted by Gasteiger charge is 2.28. The molecular weight excluding hydrogens is 506 g/mol. The number of rotatable bonds is 3. The lowest BCUT2D eigenvalue weighted by molar-refractivity contribution is -0.134. The number of fused-ring (bicyclic) bond motifs is 1. The first-order valence-corrected chi connectivity index (χ1v) is 13.7. The molecule has 3 rings (SSSR count). The van der Waals surface area contributed by atoms with E-state index in [4.69, 9.17) is 16.3 Å². The molecule has 2 aromatic rings. The lowest BCUT2D eigenvalue weighted by Gasteiger charge is -2.29. The van der Waals surface area contributed by atoms with Crippen LogP contribution >= 0.6 is 11.6 Å². The van der Waals surface area contributed by atoms with Gasteiger partial charge in [-0.2, -0.15) is 5.10 Å². The number of nitrogens with zero attached hydrogens (tertiary/aromatic N) is 5. The minimum atomic E-state index is -0.649. The number of aromatic nitrogens is 2. The fourth-order valence-electron chi connectivity index (χ4n) is 4.54. The first-order chi connectivity index (χ1) is 18.1. The Labute approximate surface area is 230 Å². The van der Waals surface area contributed by atoms with E-state index < -0.39 is 6.04 Å². The molecule has 1 aliphatic heterocycles. The highest BCUT2D eigenvalue weighted by atomic mass is 35.5. The fourth-order valence-corrected chi connectivity index (χ4v) is 4.72. The van der Waals surface area contributed by atoms with Crippen molar-refractivity contribution in [2.45, 2.75) is 58.4 Å². The van der Waals surface area contributed by atoms with Gasteiger partial charge in [0.25, 0.3) is 5.91 Å². The molecule has 0 radical (unpaired) electrons. The Bertz CT molecular complexity index is 1130. The molecule has 0 aliphatic carbocycles. The van der Waals surface area contributed by atoms with E-state index >= 15 is 0 Å². The number of halogens is 1. The molecule has 208 valence electrons. The molecule has 38 heavy (non-hydrogen) atoms. The van der Waals surface area contributed by atoms with Gasteiger partial charge in [0.15, 0.2) is 0 Å². The Morgan fingerprint density at radius 1 is 1.08 bits per heavy atom. The number of hydrogen-bond donors (Lipinski definition) is 0. The van der Waals surface area contributed by atoms with Crippen molar-refractivity contribution in [3.8, 4) is 5.75 Å². The van der Waals surface area contributed by atoms with Gasteiger partial charge in [-0.1, -0.05) is 11.6 Å². The van der Waals surface area contributed by atoms with Crippen LogP contribution < -0.4 is 4.74 Å². The minimum absolute atomic E-state index is 0.123. The second-order valence-electron chi connectivity index (χ2n) is 10.0. The summed E-state index contributed by atoms with van der Waals surface area (Å²) in [6, 6.07) is 4.30. The van der Waals surface area contributed by atoms with Gasteiger partial charge in [0.05, 0.1) is 18.4 Å². The van der Waals surface area contributed by atoms with E-state index in [2.05, 4.69) is 5.10 Å². The van der Waals surface area contributed by atoms with E-state index in [-0.39, 0.29) is 17.7 Å². The van der Waals surface area contributed by atoms with Crippen LogP contribution in [0.3, 0.4) is 0 Å². The number of aryl methyl sites for hydroxylation is 2. The predicted molar refractivity (Wildman–Crippen MR) is 147 cm³/mol. The van der Waals surface area contributed by atoms with Crippen LogP contribution in [-0.2, 0) is 23.1 Å². The summed E-state index contributed by atoms with van der Waals surface area (Å²) in [4.78, 5) is 44.5. The topological polar surface area (TPSA) is 88.0 Å². The van der Waals surface area contributed by atoms with E-state index in [9.17, 15) is 14.4 Å². The van der Waals surface area contributed by atoms with Crippen molar-refractivity contribution in [1.82, 2.24) is 24.5 Å². The van der Waals surface area contributed by atoms with E-state index in [0.29, 0.717) is 55.4 Å². The molecule has 3 amide bonds. The van der Waals surface area contributed by atoms with E-state index in [1.54, 1.807) is 44.1 Å². The van der Waals surface area contributed by atoms with Crippen LogP contribution in [0.1, 0.15) is 60.6 Å². The summed E-state index contributed by atoms with van der Waals surface area (Å²) in [5.74, 6) is 0.0943. The summed E-state index contributed by atoms with van der Waals surface area (Å²) in [7, 11) is 5.27. The summed E-state index contributed by atoms with van der Waals surface area (Å²) in [5, 5.41) is 4.70. The Hall–Kier alpha value is -3.07. The third kappa shape index (κ3) is 7.49. The maximum Gasteiger partial charge on any atom is 0.258 e. The smallest absolute Gasteiger partial charge is 0.258 e. The van der Waals surface area contributed by atoms with Crippen LogP contribution in [0.5, 0.6) is 5.75 Å². The highest BCUT2D eigenvalue weighted by Crippen LogP contribution is 2.25. The number of ether oxygens (including phenoxy) is 1. The third-order valence-electron chi connectivity index (χ3n) is 7.36. The van der Waals surface area contributed by atoms with Crippen molar-refractivity contribution in [2.75, 3.05) is 40.3 Å². The van der Waals surface area contributed by atoms with Crippen molar-refractivity contribution in [3.63, 3.8) is 0 Å². The second kappa shape index (κ2) is 13.6. The first kappa shape index (κ1) is 29.5. The monoisotopic (exact) mass is 545 g/mol. The molecule has 1 aromatic carbocycles. The minimum Gasteiger partial charge on any atom is -0.493 e. The SMILES string of the molecule is Cc1c(CCC(=O)N2CCCCOc3ccc(Cl)cc3C(=O)N(C)[C@@H](C)C(=O)N(C)CCCC2)cnn1C. The first-order valence-electron chi connectivity index (χ1n) is 13.3.